The lowest BCUT2D eigenvalue weighted by Crippen LogP contribution is -2.37. The predicted molar refractivity (Wildman–Crippen MR) is 99.9 cm³/mol. The minimum atomic E-state index is -0.171. The van der Waals surface area contributed by atoms with E-state index >= 15 is 0 Å². The van der Waals surface area contributed by atoms with Gasteiger partial charge in [0.05, 0.1) is 13.2 Å². The number of anilines is 2. The van der Waals surface area contributed by atoms with Crippen LogP contribution in [-0.4, -0.2) is 27.5 Å². The maximum absolute atomic E-state index is 12.7. The summed E-state index contributed by atoms with van der Waals surface area (Å²) in [6, 6.07) is 4.05. The van der Waals surface area contributed by atoms with Crippen molar-refractivity contribution in [2.75, 3.05) is 17.2 Å². The number of aromatic nitrogens is 3. The van der Waals surface area contributed by atoms with Crippen molar-refractivity contribution in [2.24, 2.45) is 0 Å². The zero-order valence-electron chi connectivity index (χ0n) is 15.2. The summed E-state index contributed by atoms with van der Waals surface area (Å²) in [7, 11) is 0. The number of hydrogen-bond donors (Lipinski definition) is 1. The van der Waals surface area contributed by atoms with E-state index < -0.39 is 0 Å². The van der Waals surface area contributed by atoms with Gasteiger partial charge in [-0.1, -0.05) is 26.0 Å². The molecule has 1 aliphatic heterocycles. The number of carbonyl (C=O) groups excluding carboxylic acids is 1. The summed E-state index contributed by atoms with van der Waals surface area (Å²) >= 11 is 0. The number of amides is 1. The molecular weight excluding hydrogens is 330 g/mol. The highest BCUT2D eigenvalue weighted by atomic mass is 16.5. The van der Waals surface area contributed by atoms with E-state index in [0.29, 0.717) is 42.3 Å². The Morgan fingerprint density at radius 3 is 2.85 bits per heavy atom. The molecule has 2 N–H and O–H groups in total. The Bertz CT molecular complexity index is 833. The molecule has 0 unspecified atom stereocenters. The number of pyridine rings is 1. The van der Waals surface area contributed by atoms with Crippen molar-refractivity contribution in [3.05, 3.63) is 47.3 Å². The highest BCUT2D eigenvalue weighted by Gasteiger charge is 2.31. The van der Waals surface area contributed by atoms with Crippen molar-refractivity contribution in [2.45, 2.75) is 39.7 Å². The smallest absolute Gasteiger partial charge is 0.320 e. The van der Waals surface area contributed by atoms with Gasteiger partial charge in [-0.05, 0) is 25.0 Å². The number of nitrogens with zero attached hydrogens (tertiary/aromatic N) is 4. The van der Waals surface area contributed by atoms with Crippen molar-refractivity contribution in [3.8, 4) is 6.01 Å². The normalized spacial score (nSPS) is 13.7. The SMILES string of the molecule is C=C1Cc2c(N)nc(OCCCC)nc2N(Cc2ccc(C)nc2)C1=O. The highest BCUT2D eigenvalue weighted by molar-refractivity contribution is 6.07. The summed E-state index contributed by atoms with van der Waals surface area (Å²) in [5, 5.41) is 0. The van der Waals surface area contributed by atoms with Crippen molar-refractivity contribution in [3.63, 3.8) is 0 Å². The van der Waals surface area contributed by atoms with Gasteiger partial charge < -0.3 is 10.5 Å². The third kappa shape index (κ3) is 3.66. The number of ether oxygens (including phenoxy) is 1. The molecule has 3 rings (SSSR count). The van der Waals surface area contributed by atoms with E-state index in [9.17, 15) is 4.79 Å². The fraction of sp³-hybridized carbons (Fsp3) is 0.368. The van der Waals surface area contributed by atoms with E-state index in [0.717, 1.165) is 24.1 Å². The first-order valence-electron chi connectivity index (χ1n) is 8.70. The Labute approximate surface area is 152 Å². The molecule has 136 valence electrons. The molecule has 0 aromatic carbocycles. The van der Waals surface area contributed by atoms with E-state index in [1.165, 1.54) is 0 Å². The number of carbonyl (C=O) groups is 1. The maximum Gasteiger partial charge on any atom is 0.320 e. The molecule has 0 spiro atoms. The number of aryl methyl sites for hydroxylation is 1. The Hall–Kier alpha value is -2.96. The molecule has 3 heterocycles. The van der Waals surface area contributed by atoms with Crippen LogP contribution >= 0.6 is 0 Å². The van der Waals surface area contributed by atoms with Crippen LogP contribution in [0.2, 0.25) is 0 Å². The van der Waals surface area contributed by atoms with Crippen LogP contribution in [0.4, 0.5) is 11.6 Å². The van der Waals surface area contributed by atoms with Crippen LogP contribution < -0.4 is 15.4 Å². The quantitative estimate of drug-likeness (QED) is 0.634. The maximum atomic E-state index is 12.7. The molecule has 2 aromatic rings. The summed E-state index contributed by atoms with van der Waals surface area (Å²) in [5.41, 5.74) is 9.09. The number of hydrogen-bond acceptors (Lipinski definition) is 6. The Morgan fingerprint density at radius 1 is 1.35 bits per heavy atom. The zero-order chi connectivity index (χ0) is 18.7. The van der Waals surface area contributed by atoms with E-state index in [-0.39, 0.29) is 11.9 Å². The fourth-order valence-corrected chi connectivity index (χ4v) is 2.73. The van der Waals surface area contributed by atoms with Gasteiger partial charge in [-0.25, -0.2) is 0 Å². The third-order valence-electron chi connectivity index (χ3n) is 4.23. The minimum absolute atomic E-state index is 0.171. The van der Waals surface area contributed by atoms with Crippen LogP contribution in [0.3, 0.4) is 0 Å². The summed E-state index contributed by atoms with van der Waals surface area (Å²) in [6.45, 7) is 8.72. The van der Waals surface area contributed by atoms with Gasteiger partial charge in [0.25, 0.3) is 5.91 Å². The van der Waals surface area contributed by atoms with Crippen molar-refractivity contribution < 1.29 is 9.53 Å². The summed E-state index contributed by atoms with van der Waals surface area (Å²) in [5.74, 6) is 0.639. The van der Waals surface area contributed by atoms with E-state index in [1.807, 2.05) is 19.1 Å². The summed E-state index contributed by atoms with van der Waals surface area (Å²) in [6.07, 6.45) is 4.00. The molecular formula is C19H23N5O2. The zero-order valence-corrected chi connectivity index (χ0v) is 15.2. The highest BCUT2D eigenvalue weighted by Crippen LogP contribution is 2.33. The molecule has 0 radical (unpaired) electrons. The number of rotatable bonds is 6. The standard InChI is InChI=1S/C19H23N5O2/c1-4-5-8-26-19-22-16(20)15-9-12(2)18(25)24(17(15)23-19)11-14-7-6-13(3)21-10-14/h6-7,10H,2,4-5,8-9,11H2,1,3H3,(H2,20,22,23). The lowest BCUT2D eigenvalue weighted by atomic mass is 10.0. The predicted octanol–water partition coefficient (Wildman–Crippen LogP) is 2.59. The van der Waals surface area contributed by atoms with Crippen LogP contribution in [0.25, 0.3) is 0 Å². The Balaban J connectivity index is 1.95. The van der Waals surface area contributed by atoms with Gasteiger partial charge in [0.15, 0.2) is 0 Å². The van der Waals surface area contributed by atoms with Crippen LogP contribution in [0.15, 0.2) is 30.5 Å². The molecule has 0 bridgehead atoms. The minimum Gasteiger partial charge on any atom is -0.463 e. The molecule has 0 fully saturated rings. The Kier molecular flexibility index (Phi) is 5.16. The van der Waals surface area contributed by atoms with Gasteiger partial charge in [-0.3, -0.25) is 14.7 Å². The van der Waals surface area contributed by atoms with Crippen LogP contribution in [0, 0.1) is 6.92 Å². The van der Waals surface area contributed by atoms with Crippen molar-refractivity contribution in [1.29, 1.82) is 0 Å². The topological polar surface area (TPSA) is 94.2 Å². The molecule has 0 saturated heterocycles. The molecule has 1 amide bonds. The number of unbranched alkanes of at least 4 members (excludes halogenated alkanes) is 1. The molecule has 1 aliphatic rings. The molecule has 2 aromatic heterocycles. The summed E-state index contributed by atoms with van der Waals surface area (Å²) < 4.78 is 5.59. The first-order chi connectivity index (χ1) is 12.5. The first kappa shape index (κ1) is 17.8. The lowest BCUT2D eigenvalue weighted by molar-refractivity contribution is -0.115. The van der Waals surface area contributed by atoms with E-state index in [1.54, 1.807) is 11.1 Å². The Morgan fingerprint density at radius 2 is 2.15 bits per heavy atom. The average Bonchev–Trinajstić information content (AvgIpc) is 2.62. The van der Waals surface area contributed by atoms with Gasteiger partial charge in [0, 0.05) is 29.4 Å². The first-order valence-corrected chi connectivity index (χ1v) is 8.70. The van der Waals surface area contributed by atoms with Gasteiger partial charge in [0.1, 0.15) is 11.6 Å². The third-order valence-corrected chi connectivity index (χ3v) is 4.23. The molecule has 0 aliphatic carbocycles. The van der Waals surface area contributed by atoms with Gasteiger partial charge in [-0.2, -0.15) is 9.97 Å². The van der Waals surface area contributed by atoms with Crippen LogP contribution in [0.5, 0.6) is 6.01 Å². The largest absolute Gasteiger partial charge is 0.463 e. The monoisotopic (exact) mass is 353 g/mol. The lowest BCUT2D eigenvalue weighted by Gasteiger charge is -2.30. The van der Waals surface area contributed by atoms with Gasteiger partial charge >= 0.3 is 6.01 Å². The number of nitrogens with two attached hydrogens (primary N) is 1. The van der Waals surface area contributed by atoms with Gasteiger partial charge in [-0.15, -0.1) is 0 Å². The number of nitrogen functional groups attached to an aromatic ring is 1. The molecule has 7 nitrogen and oxygen atoms in total. The van der Waals surface area contributed by atoms with E-state index in [4.69, 9.17) is 10.5 Å². The molecule has 0 atom stereocenters. The molecule has 7 heteroatoms. The fourth-order valence-electron chi connectivity index (χ4n) is 2.73. The average molecular weight is 353 g/mol. The van der Waals surface area contributed by atoms with E-state index in [2.05, 4.69) is 28.5 Å². The van der Waals surface area contributed by atoms with Crippen LogP contribution in [-0.2, 0) is 17.8 Å². The second-order valence-corrected chi connectivity index (χ2v) is 6.38. The second kappa shape index (κ2) is 7.51. The number of fused-ring (bicyclic) bond motifs is 1. The molecule has 0 saturated carbocycles. The second-order valence-electron chi connectivity index (χ2n) is 6.38. The van der Waals surface area contributed by atoms with Crippen molar-refractivity contribution >= 4 is 17.5 Å². The van der Waals surface area contributed by atoms with Crippen molar-refractivity contribution in [1.82, 2.24) is 15.0 Å². The summed E-state index contributed by atoms with van der Waals surface area (Å²) in [4.78, 5) is 27.2. The van der Waals surface area contributed by atoms with Gasteiger partial charge in [0.2, 0.25) is 0 Å². The molecule has 26 heavy (non-hydrogen) atoms. The van der Waals surface area contributed by atoms with Crippen LogP contribution in [0.1, 0.15) is 36.6 Å².